The molecule has 0 N–H and O–H groups in total. The van der Waals surface area contributed by atoms with Gasteiger partial charge < -0.3 is 9.47 Å². The van der Waals surface area contributed by atoms with E-state index in [0.717, 1.165) is 5.56 Å². The molecule has 0 saturated carbocycles. The van der Waals surface area contributed by atoms with Crippen molar-refractivity contribution in [3.8, 4) is 0 Å². The first-order valence-electron chi connectivity index (χ1n) is 5.68. The quantitative estimate of drug-likeness (QED) is 0.754. The van der Waals surface area contributed by atoms with Crippen molar-refractivity contribution >= 4 is 5.97 Å². The third-order valence-electron chi connectivity index (χ3n) is 2.85. The molecule has 0 aliphatic carbocycles. The number of hydrogen-bond acceptors (Lipinski definition) is 3. The summed E-state index contributed by atoms with van der Waals surface area (Å²) in [5.41, 5.74) is 3.35. The fourth-order valence-corrected chi connectivity index (χ4v) is 2.11. The minimum absolute atomic E-state index is 0.254. The van der Waals surface area contributed by atoms with Crippen LogP contribution in [0.3, 0.4) is 0 Å². The number of ether oxygens (including phenoxy) is 2. The molecule has 0 aromatic heterocycles. The summed E-state index contributed by atoms with van der Waals surface area (Å²) < 4.78 is 10.2. The molecule has 2 unspecified atom stereocenters. The zero-order valence-corrected chi connectivity index (χ0v) is 11.1. The van der Waals surface area contributed by atoms with Crippen LogP contribution in [0, 0.1) is 19.8 Å². The van der Waals surface area contributed by atoms with Crippen molar-refractivity contribution in [2.75, 3.05) is 14.2 Å². The zero-order valence-electron chi connectivity index (χ0n) is 11.1. The molecule has 0 saturated heterocycles. The summed E-state index contributed by atoms with van der Waals surface area (Å²) in [6, 6.07) is 6.18. The van der Waals surface area contributed by atoms with Gasteiger partial charge in [0, 0.05) is 7.11 Å². The number of aryl methyl sites for hydroxylation is 2. The number of hydrogen-bond donors (Lipinski definition) is 0. The predicted octanol–water partition coefficient (Wildman–Crippen LogP) is 2.80. The monoisotopic (exact) mass is 236 g/mol. The Morgan fingerprint density at radius 1 is 1.12 bits per heavy atom. The Labute approximate surface area is 103 Å². The van der Waals surface area contributed by atoms with Gasteiger partial charge in [-0.25, -0.2) is 0 Å². The van der Waals surface area contributed by atoms with Crippen LogP contribution in [0.4, 0.5) is 0 Å². The second-order valence-corrected chi connectivity index (χ2v) is 4.39. The highest BCUT2D eigenvalue weighted by atomic mass is 16.5. The lowest BCUT2D eigenvalue weighted by atomic mass is 9.94. The van der Waals surface area contributed by atoms with Gasteiger partial charge in [-0.05, 0) is 26.3 Å². The van der Waals surface area contributed by atoms with Gasteiger partial charge in [0.15, 0.2) is 0 Å². The van der Waals surface area contributed by atoms with E-state index in [-0.39, 0.29) is 18.0 Å². The second kappa shape index (κ2) is 5.82. The van der Waals surface area contributed by atoms with Crippen LogP contribution in [0.25, 0.3) is 0 Å². The maximum absolute atomic E-state index is 11.6. The van der Waals surface area contributed by atoms with Gasteiger partial charge >= 0.3 is 5.97 Å². The Kier molecular flexibility index (Phi) is 4.70. The zero-order chi connectivity index (χ0) is 13.0. The van der Waals surface area contributed by atoms with Crippen LogP contribution in [0.15, 0.2) is 18.2 Å². The molecule has 17 heavy (non-hydrogen) atoms. The molecule has 1 aromatic rings. The highest BCUT2D eigenvalue weighted by molar-refractivity contribution is 5.72. The number of methoxy groups -OCH3 is 2. The van der Waals surface area contributed by atoms with Crippen LogP contribution in [-0.2, 0) is 14.3 Å². The fraction of sp³-hybridized carbons (Fsp3) is 0.500. The van der Waals surface area contributed by atoms with E-state index in [9.17, 15) is 4.79 Å². The van der Waals surface area contributed by atoms with Crippen molar-refractivity contribution < 1.29 is 14.3 Å². The maximum atomic E-state index is 11.6. The van der Waals surface area contributed by atoms with Gasteiger partial charge in [0.05, 0.1) is 19.1 Å². The molecule has 2 atom stereocenters. The largest absolute Gasteiger partial charge is 0.469 e. The number of benzene rings is 1. The number of carbonyl (C=O) groups is 1. The first-order chi connectivity index (χ1) is 7.99. The summed E-state index contributed by atoms with van der Waals surface area (Å²) in [6.45, 7) is 5.88. The van der Waals surface area contributed by atoms with E-state index >= 15 is 0 Å². The molecule has 3 nitrogen and oxygen atoms in total. The van der Waals surface area contributed by atoms with E-state index in [1.54, 1.807) is 7.11 Å². The number of carbonyl (C=O) groups excluding carboxylic acids is 1. The minimum atomic E-state index is -0.314. The molecule has 0 heterocycles. The molecule has 0 bridgehead atoms. The van der Waals surface area contributed by atoms with E-state index < -0.39 is 0 Å². The van der Waals surface area contributed by atoms with Crippen LogP contribution >= 0.6 is 0 Å². The maximum Gasteiger partial charge on any atom is 0.311 e. The van der Waals surface area contributed by atoms with Crippen molar-refractivity contribution in [1.82, 2.24) is 0 Å². The van der Waals surface area contributed by atoms with Gasteiger partial charge in [-0.3, -0.25) is 4.79 Å². The van der Waals surface area contributed by atoms with Crippen molar-refractivity contribution in [3.63, 3.8) is 0 Å². The van der Waals surface area contributed by atoms with Gasteiger partial charge in [0.1, 0.15) is 0 Å². The first-order valence-corrected chi connectivity index (χ1v) is 5.68. The highest BCUT2D eigenvalue weighted by Gasteiger charge is 2.26. The molecular formula is C14H20O3. The third-order valence-corrected chi connectivity index (χ3v) is 2.85. The Hall–Kier alpha value is -1.35. The molecule has 0 spiro atoms. The van der Waals surface area contributed by atoms with Crippen molar-refractivity contribution in [1.29, 1.82) is 0 Å². The minimum Gasteiger partial charge on any atom is -0.469 e. The van der Waals surface area contributed by atoms with Crippen molar-refractivity contribution in [2.24, 2.45) is 5.92 Å². The van der Waals surface area contributed by atoms with Crippen molar-refractivity contribution in [3.05, 3.63) is 34.9 Å². The van der Waals surface area contributed by atoms with Crippen LogP contribution in [-0.4, -0.2) is 20.2 Å². The van der Waals surface area contributed by atoms with E-state index in [2.05, 4.69) is 6.07 Å². The van der Waals surface area contributed by atoms with Gasteiger partial charge in [-0.1, -0.05) is 29.3 Å². The average molecular weight is 236 g/mol. The summed E-state index contributed by atoms with van der Waals surface area (Å²) in [5, 5.41) is 0. The van der Waals surface area contributed by atoms with Crippen LogP contribution in [0.5, 0.6) is 0 Å². The fourth-order valence-electron chi connectivity index (χ4n) is 2.11. The summed E-state index contributed by atoms with van der Waals surface area (Å²) >= 11 is 0. The Balaban J connectivity index is 3.04. The van der Waals surface area contributed by atoms with Crippen LogP contribution in [0.2, 0.25) is 0 Å². The van der Waals surface area contributed by atoms with Crippen LogP contribution in [0.1, 0.15) is 29.7 Å². The molecular weight excluding hydrogens is 216 g/mol. The molecule has 0 fully saturated rings. The van der Waals surface area contributed by atoms with E-state index in [0.29, 0.717) is 0 Å². The lowest BCUT2D eigenvalue weighted by molar-refractivity contribution is -0.149. The lowest BCUT2D eigenvalue weighted by Crippen LogP contribution is -2.22. The first kappa shape index (κ1) is 13.7. The summed E-state index contributed by atoms with van der Waals surface area (Å²) in [6.07, 6.45) is -0.263. The molecule has 0 aliphatic heterocycles. The Morgan fingerprint density at radius 3 is 2.06 bits per heavy atom. The molecule has 1 rings (SSSR count). The highest BCUT2D eigenvalue weighted by Crippen LogP contribution is 2.27. The molecule has 3 heteroatoms. The van der Waals surface area contributed by atoms with Gasteiger partial charge in [0.25, 0.3) is 0 Å². The summed E-state index contributed by atoms with van der Waals surface area (Å²) in [7, 11) is 3.01. The van der Waals surface area contributed by atoms with Gasteiger partial charge in [0.2, 0.25) is 0 Å². The Morgan fingerprint density at radius 2 is 1.65 bits per heavy atom. The van der Waals surface area contributed by atoms with Crippen molar-refractivity contribution in [2.45, 2.75) is 26.9 Å². The molecule has 0 radical (unpaired) electrons. The lowest BCUT2D eigenvalue weighted by Gasteiger charge is -2.22. The normalized spacial score (nSPS) is 14.2. The molecule has 0 aliphatic rings. The van der Waals surface area contributed by atoms with E-state index in [4.69, 9.17) is 9.47 Å². The van der Waals surface area contributed by atoms with E-state index in [1.807, 2.05) is 32.9 Å². The number of rotatable bonds is 4. The summed E-state index contributed by atoms with van der Waals surface area (Å²) in [5.74, 6) is -0.567. The SMILES string of the molecule is COC(=O)C(C)C(OC)c1cc(C)cc(C)c1. The number of esters is 1. The topological polar surface area (TPSA) is 35.5 Å². The van der Waals surface area contributed by atoms with E-state index in [1.165, 1.54) is 18.2 Å². The third kappa shape index (κ3) is 3.30. The molecule has 0 amide bonds. The second-order valence-electron chi connectivity index (χ2n) is 4.39. The summed E-state index contributed by atoms with van der Waals surface area (Å²) in [4.78, 5) is 11.6. The van der Waals surface area contributed by atoms with Gasteiger partial charge in [-0.15, -0.1) is 0 Å². The molecule has 1 aromatic carbocycles. The van der Waals surface area contributed by atoms with Crippen LogP contribution < -0.4 is 0 Å². The Bertz CT molecular complexity index is 378. The standard InChI is InChI=1S/C14H20O3/c1-9-6-10(2)8-12(7-9)13(16-4)11(3)14(15)17-5/h6-8,11,13H,1-5H3. The smallest absolute Gasteiger partial charge is 0.311 e. The predicted molar refractivity (Wildman–Crippen MR) is 66.8 cm³/mol. The average Bonchev–Trinajstić information content (AvgIpc) is 2.27. The molecule has 94 valence electrons. The van der Waals surface area contributed by atoms with Gasteiger partial charge in [-0.2, -0.15) is 0 Å².